The van der Waals surface area contributed by atoms with Gasteiger partial charge in [-0.1, -0.05) is 23.2 Å². The van der Waals surface area contributed by atoms with Crippen LogP contribution in [-0.4, -0.2) is 6.54 Å². The minimum Gasteiger partial charge on any atom is -0.330 e. The van der Waals surface area contributed by atoms with Crippen molar-refractivity contribution in [3.8, 4) is 0 Å². The Labute approximate surface area is 100.0 Å². The van der Waals surface area contributed by atoms with E-state index in [1.54, 1.807) is 6.07 Å². The first-order chi connectivity index (χ1) is 6.66. The fourth-order valence-electron chi connectivity index (χ4n) is 1.26. The van der Waals surface area contributed by atoms with Crippen LogP contribution in [0, 0.1) is 0 Å². The quantitative estimate of drug-likeness (QED) is 0.620. The SMILES string of the molecule is NCCCCc1c(Cl)ccc(S)c1Cl. The van der Waals surface area contributed by atoms with Gasteiger partial charge in [-0.05, 0) is 43.5 Å². The molecule has 0 atom stereocenters. The van der Waals surface area contributed by atoms with Crippen molar-refractivity contribution in [2.45, 2.75) is 24.2 Å². The number of benzene rings is 1. The van der Waals surface area contributed by atoms with Crippen molar-refractivity contribution < 1.29 is 0 Å². The molecule has 0 bridgehead atoms. The Bertz CT molecular complexity index is 315. The predicted octanol–water partition coefficient (Wildman–Crippen LogP) is 3.56. The summed E-state index contributed by atoms with van der Waals surface area (Å²) in [6.45, 7) is 0.704. The molecule has 0 aliphatic heterocycles. The van der Waals surface area contributed by atoms with Gasteiger partial charge < -0.3 is 5.73 Å². The van der Waals surface area contributed by atoms with Crippen LogP contribution in [0.15, 0.2) is 17.0 Å². The van der Waals surface area contributed by atoms with Gasteiger partial charge in [-0.15, -0.1) is 12.6 Å². The third-order valence-electron chi connectivity index (χ3n) is 2.05. The van der Waals surface area contributed by atoms with Crippen molar-refractivity contribution in [3.63, 3.8) is 0 Å². The van der Waals surface area contributed by atoms with E-state index >= 15 is 0 Å². The maximum Gasteiger partial charge on any atom is 0.0586 e. The van der Waals surface area contributed by atoms with Gasteiger partial charge >= 0.3 is 0 Å². The minimum atomic E-state index is 0.665. The minimum absolute atomic E-state index is 0.665. The molecule has 0 heterocycles. The molecule has 2 N–H and O–H groups in total. The molecule has 1 aromatic carbocycles. The van der Waals surface area contributed by atoms with Gasteiger partial charge in [0.15, 0.2) is 0 Å². The summed E-state index contributed by atoms with van der Waals surface area (Å²) in [4.78, 5) is 0.777. The van der Waals surface area contributed by atoms with Crippen LogP contribution in [0.2, 0.25) is 10.0 Å². The van der Waals surface area contributed by atoms with E-state index in [-0.39, 0.29) is 0 Å². The van der Waals surface area contributed by atoms with Gasteiger partial charge in [-0.3, -0.25) is 0 Å². The van der Waals surface area contributed by atoms with Crippen LogP contribution in [0.5, 0.6) is 0 Å². The lowest BCUT2D eigenvalue weighted by Gasteiger charge is -2.08. The number of thiol groups is 1. The first kappa shape index (κ1) is 12.2. The fourth-order valence-corrected chi connectivity index (χ4v) is 2.03. The Kier molecular flexibility index (Phi) is 5.10. The third kappa shape index (κ3) is 3.06. The van der Waals surface area contributed by atoms with Crippen molar-refractivity contribution >= 4 is 35.8 Å². The highest BCUT2D eigenvalue weighted by Gasteiger charge is 2.07. The van der Waals surface area contributed by atoms with Gasteiger partial charge in [-0.2, -0.15) is 0 Å². The summed E-state index contributed by atoms with van der Waals surface area (Å²) >= 11 is 16.4. The molecule has 4 heteroatoms. The summed E-state index contributed by atoms with van der Waals surface area (Å²) in [6, 6.07) is 3.63. The highest BCUT2D eigenvalue weighted by Crippen LogP contribution is 2.31. The topological polar surface area (TPSA) is 26.0 Å². The number of halogens is 2. The van der Waals surface area contributed by atoms with E-state index < -0.39 is 0 Å². The smallest absolute Gasteiger partial charge is 0.0586 e. The van der Waals surface area contributed by atoms with E-state index in [4.69, 9.17) is 28.9 Å². The summed E-state index contributed by atoms with van der Waals surface area (Å²) < 4.78 is 0. The van der Waals surface area contributed by atoms with E-state index in [0.29, 0.717) is 16.6 Å². The van der Waals surface area contributed by atoms with Crippen molar-refractivity contribution in [3.05, 3.63) is 27.7 Å². The molecule has 14 heavy (non-hydrogen) atoms. The molecule has 0 aliphatic rings. The average molecular weight is 250 g/mol. The predicted molar refractivity (Wildman–Crippen MR) is 65.7 cm³/mol. The molecule has 1 nitrogen and oxygen atoms in total. The molecule has 0 fully saturated rings. The molecule has 0 amide bonds. The van der Waals surface area contributed by atoms with Crippen LogP contribution in [0.1, 0.15) is 18.4 Å². The van der Waals surface area contributed by atoms with Gasteiger partial charge in [0.05, 0.1) is 5.02 Å². The second-order valence-corrected chi connectivity index (χ2v) is 4.37. The maximum absolute atomic E-state index is 6.09. The van der Waals surface area contributed by atoms with Crippen LogP contribution in [0.3, 0.4) is 0 Å². The number of nitrogens with two attached hydrogens (primary N) is 1. The van der Waals surface area contributed by atoms with Gasteiger partial charge in [0, 0.05) is 9.92 Å². The van der Waals surface area contributed by atoms with Crippen molar-refractivity contribution in [1.82, 2.24) is 0 Å². The Morgan fingerprint density at radius 1 is 1.21 bits per heavy atom. The molecule has 1 aromatic rings. The molecular formula is C10H13Cl2NS. The molecule has 0 spiro atoms. The largest absolute Gasteiger partial charge is 0.330 e. The molecular weight excluding hydrogens is 237 g/mol. The zero-order chi connectivity index (χ0) is 10.6. The summed E-state index contributed by atoms with van der Waals surface area (Å²) in [5.41, 5.74) is 6.40. The number of unbranched alkanes of at least 4 members (excludes halogenated alkanes) is 1. The summed E-state index contributed by atoms with van der Waals surface area (Å²) in [5.74, 6) is 0. The van der Waals surface area contributed by atoms with Crippen molar-refractivity contribution in [2.24, 2.45) is 5.73 Å². The fraction of sp³-hybridized carbons (Fsp3) is 0.400. The lowest BCUT2D eigenvalue weighted by Crippen LogP contribution is -1.99. The Balaban J connectivity index is 2.79. The molecule has 0 saturated carbocycles. The van der Waals surface area contributed by atoms with Crippen molar-refractivity contribution in [1.29, 1.82) is 0 Å². The first-order valence-electron chi connectivity index (χ1n) is 4.52. The zero-order valence-electron chi connectivity index (χ0n) is 7.76. The van der Waals surface area contributed by atoms with Gasteiger partial charge in [0.2, 0.25) is 0 Å². The number of hydrogen-bond acceptors (Lipinski definition) is 2. The normalized spacial score (nSPS) is 10.6. The van der Waals surface area contributed by atoms with Crippen LogP contribution in [0.4, 0.5) is 0 Å². The van der Waals surface area contributed by atoms with E-state index in [9.17, 15) is 0 Å². The lowest BCUT2D eigenvalue weighted by molar-refractivity contribution is 0.744. The summed E-state index contributed by atoms with van der Waals surface area (Å²) in [6.07, 6.45) is 2.86. The highest BCUT2D eigenvalue weighted by molar-refractivity contribution is 7.80. The molecule has 0 aliphatic carbocycles. The highest BCUT2D eigenvalue weighted by atomic mass is 35.5. The molecule has 0 saturated heterocycles. The van der Waals surface area contributed by atoms with Crippen molar-refractivity contribution in [2.75, 3.05) is 6.54 Å². The Morgan fingerprint density at radius 3 is 2.57 bits per heavy atom. The third-order valence-corrected chi connectivity index (χ3v) is 3.34. The monoisotopic (exact) mass is 249 g/mol. The number of hydrogen-bond donors (Lipinski definition) is 2. The molecule has 1 rings (SSSR count). The van der Waals surface area contributed by atoms with E-state index in [2.05, 4.69) is 12.6 Å². The molecule has 0 unspecified atom stereocenters. The van der Waals surface area contributed by atoms with E-state index in [1.807, 2.05) is 6.07 Å². The maximum atomic E-state index is 6.09. The van der Waals surface area contributed by atoms with E-state index in [1.165, 1.54) is 0 Å². The molecule has 0 radical (unpaired) electrons. The standard InChI is InChI=1S/C10H13Cl2NS/c11-8-4-5-9(14)10(12)7(8)3-1-2-6-13/h4-5,14H,1-3,6,13H2. The van der Waals surface area contributed by atoms with Gasteiger partial charge in [0.25, 0.3) is 0 Å². The van der Waals surface area contributed by atoms with E-state index in [0.717, 1.165) is 29.7 Å². The van der Waals surface area contributed by atoms with Crippen LogP contribution >= 0.6 is 35.8 Å². The van der Waals surface area contributed by atoms with Gasteiger partial charge in [-0.25, -0.2) is 0 Å². The molecule has 78 valence electrons. The average Bonchev–Trinajstić information content (AvgIpc) is 2.18. The summed E-state index contributed by atoms with van der Waals surface area (Å²) in [7, 11) is 0. The van der Waals surface area contributed by atoms with Gasteiger partial charge in [0.1, 0.15) is 0 Å². The first-order valence-corrected chi connectivity index (χ1v) is 5.73. The lowest BCUT2D eigenvalue weighted by atomic mass is 10.1. The number of rotatable bonds is 4. The zero-order valence-corrected chi connectivity index (χ0v) is 10.2. The van der Waals surface area contributed by atoms with Crippen LogP contribution < -0.4 is 5.73 Å². The Morgan fingerprint density at radius 2 is 1.93 bits per heavy atom. The van der Waals surface area contributed by atoms with Crippen LogP contribution in [0.25, 0.3) is 0 Å². The Hall–Kier alpha value is 0.110. The summed E-state index contributed by atoms with van der Waals surface area (Å²) in [5, 5.41) is 1.38. The van der Waals surface area contributed by atoms with Crippen LogP contribution in [-0.2, 0) is 6.42 Å². The second kappa shape index (κ2) is 5.86. The second-order valence-electron chi connectivity index (χ2n) is 3.10. The molecule has 0 aromatic heterocycles.